The van der Waals surface area contributed by atoms with E-state index in [1.165, 1.54) is 0 Å². The zero-order valence-electron chi connectivity index (χ0n) is 23.1. The van der Waals surface area contributed by atoms with Gasteiger partial charge in [-0.3, -0.25) is 10.1 Å². The van der Waals surface area contributed by atoms with Crippen molar-refractivity contribution in [2.75, 3.05) is 0 Å². The summed E-state index contributed by atoms with van der Waals surface area (Å²) in [5.74, 6) is 0.803. The summed E-state index contributed by atoms with van der Waals surface area (Å²) in [5, 5.41) is 37.5. The van der Waals surface area contributed by atoms with Gasteiger partial charge >= 0.3 is 0 Å². The topological polar surface area (TPSA) is 83.6 Å². The number of aliphatic hydroxyl groups is 2. The van der Waals surface area contributed by atoms with Crippen molar-refractivity contribution < 1.29 is 15.1 Å². The Balaban J connectivity index is 1.63. The SMILES string of the molecule is CC1(C)[C@H]2CC[C@](C)(C2)[C@]1(O)c1ccccc1-c1ccc([N+](=O)[O-])cc1[C@]1(O)C(C)(C)[C@H]2CC[C@]1(C)C2. The third-order valence-electron chi connectivity index (χ3n) is 12.3. The number of hydrogen-bond donors (Lipinski definition) is 2. The van der Waals surface area contributed by atoms with Gasteiger partial charge in [0, 0.05) is 33.8 Å². The first-order valence-electron chi connectivity index (χ1n) is 14.0. The molecule has 4 bridgehead atoms. The summed E-state index contributed by atoms with van der Waals surface area (Å²) in [6, 6.07) is 13.1. The molecule has 4 aliphatic rings. The Morgan fingerprint density at radius 3 is 1.73 bits per heavy atom. The van der Waals surface area contributed by atoms with Crippen molar-refractivity contribution in [1.29, 1.82) is 0 Å². The molecule has 4 fully saturated rings. The zero-order valence-corrected chi connectivity index (χ0v) is 23.1. The molecule has 6 atom stereocenters. The standard InChI is InChI=1S/C32H41NO4/c1-27(2)20-13-15-29(5,18-20)31(27,34)25-10-8-7-9-23(25)24-12-11-22(33(36)37)17-26(24)32(35)28(3,4)21-14-16-30(32,6)19-21/h7-12,17,20-21,34-35H,13-16,18-19H2,1-6H3/t20-,21-,29+,30+,31-,32-/m0/s1. The Morgan fingerprint density at radius 1 is 0.757 bits per heavy atom. The third kappa shape index (κ3) is 2.73. The van der Waals surface area contributed by atoms with E-state index in [0.717, 1.165) is 55.2 Å². The Hall–Kier alpha value is -2.24. The summed E-state index contributed by atoms with van der Waals surface area (Å²) in [5.41, 5.74) is -0.427. The van der Waals surface area contributed by atoms with Gasteiger partial charge in [0.25, 0.3) is 5.69 Å². The van der Waals surface area contributed by atoms with Crippen molar-refractivity contribution in [2.45, 2.75) is 91.3 Å². The molecule has 0 aliphatic heterocycles. The lowest BCUT2D eigenvalue weighted by Crippen LogP contribution is -2.52. The van der Waals surface area contributed by atoms with Crippen molar-refractivity contribution in [2.24, 2.45) is 33.5 Å². The highest BCUT2D eigenvalue weighted by Crippen LogP contribution is 2.74. The van der Waals surface area contributed by atoms with Crippen LogP contribution in [0.3, 0.4) is 0 Å². The molecule has 2 N–H and O–H groups in total. The Labute approximate surface area is 220 Å². The molecule has 0 aromatic heterocycles. The molecule has 0 radical (unpaired) electrons. The second-order valence-corrected chi connectivity index (χ2v) is 14.4. The van der Waals surface area contributed by atoms with Crippen LogP contribution >= 0.6 is 0 Å². The Kier molecular flexibility index (Phi) is 4.90. The van der Waals surface area contributed by atoms with Crippen LogP contribution in [-0.2, 0) is 11.2 Å². The van der Waals surface area contributed by atoms with Crippen LogP contribution in [0.5, 0.6) is 0 Å². The molecule has 4 aliphatic carbocycles. The van der Waals surface area contributed by atoms with E-state index < -0.39 is 16.6 Å². The van der Waals surface area contributed by atoms with Crippen LogP contribution in [0.25, 0.3) is 11.1 Å². The molecule has 0 spiro atoms. The highest BCUT2D eigenvalue weighted by molar-refractivity contribution is 5.75. The highest BCUT2D eigenvalue weighted by Gasteiger charge is 2.71. The Morgan fingerprint density at radius 2 is 1.24 bits per heavy atom. The minimum Gasteiger partial charge on any atom is -0.384 e. The second kappa shape index (κ2) is 7.24. The van der Waals surface area contributed by atoms with Crippen LogP contribution in [-0.4, -0.2) is 15.1 Å². The summed E-state index contributed by atoms with van der Waals surface area (Å²) in [7, 11) is 0. The van der Waals surface area contributed by atoms with E-state index in [-0.39, 0.29) is 26.9 Å². The number of nitrogens with zero attached hydrogens (tertiary/aromatic N) is 1. The largest absolute Gasteiger partial charge is 0.384 e. The van der Waals surface area contributed by atoms with E-state index in [2.05, 4.69) is 41.5 Å². The minimum atomic E-state index is -1.23. The smallest absolute Gasteiger partial charge is 0.269 e. The van der Waals surface area contributed by atoms with E-state index in [4.69, 9.17) is 0 Å². The summed E-state index contributed by atoms with van der Waals surface area (Å²) in [4.78, 5) is 11.6. The number of benzene rings is 2. The van der Waals surface area contributed by atoms with E-state index in [1.54, 1.807) is 12.1 Å². The van der Waals surface area contributed by atoms with Gasteiger partial charge in [-0.05, 0) is 78.7 Å². The average Bonchev–Trinajstić information content (AvgIpc) is 3.53. The normalized spacial score (nSPS) is 40.9. The molecule has 5 nitrogen and oxygen atoms in total. The summed E-state index contributed by atoms with van der Waals surface area (Å²) >= 11 is 0. The first-order chi connectivity index (χ1) is 17.1. The Bertz CT molecular complexity index is 1300. The maximum Gasteiger partial charge on any atom is 0.269 e. The van der Waals surface area contributed by atoms with Crippen molar-refractivity contribution in [3.05, 3.63) is 63.7 Å². The summed E-state index contributed by atoms with van der Waals surface area (Å²) < 4.78 is 0. The zero-order chi connectivity index (χ0) is 26.8. The number of rotatable bonds is 4. The molecular formula is C32H41NO4. The van der Waals surface area contributed by atoms with Gasteiger partial charge in [0.2, 0.25) is 0 Å². The lowest BCUT2D eigenvalue weighted by Gasteiger charge is -2.53. The van der Waals surface area contributed by atoms with Crippen LogP contribution < -0.4 is 0 Å². The first-order valence-corrected chi connectivity index (χ1v) is 14.0. The third-order valence-corrected chi connectivity index (χ3v) is 12.3. The van der Waals surface area contributed by atoms with Crippen molar-refractivity contribution in [1.82, 2.24) is 0 Å². The maximum absolute atomic E-state index is 12.8. The van der Waals surface area contributed by atoms with Gasteiger partial charge in [-0.25, -0.2) is 0 Å². The molecule has 2 aromatic rings. The number of non-ortho nitro benzene ring substituents is 1. The monoisotopic (exact) mass is 503 g/mol. The fourth-order valence-electron chi connectivity index (χ4n) is 10.1. The highest BCUT2D eigenvalue weighted by atomic mass is 16.6. The van der Waals surface area contributed by atoms with Crippen LogP contribution in [0.1, 0.15) is 91.2 Å². The van der Waals surface area contributed by atoms with Gasteiger partial charge in [0.15, 0.2) is 0 Å². The molecule has 0 amide bonds. The van der Waals surface area contributed by atoms with Gasteiger partial charge in [-0.15, -0.1) is 0 Å². The first kappa shape index (κ1) is 25.1. The van der Waals surface area contributed by atoms with Crippen molar-refractivity contribution >= 4 is 5.69 Å². The number of nitro groups is 1. The van der Waals surface area contributed by atoms with E-state index in [1.807, 2.05) is 30.3 Å². The quantitative estimate of drug-likeness (QED) is 0.338. The fourth-order valence-corrected chi connectivity index (χ4v) is 10.1. The number of nitro benzene ring substituents is 1. The van der Waals surface area contributed by atoms with Crippen LogP contribution in [0, 0.1) is 43.6 Å². The van der Waals surface area contributed by atoms with Crippen LogP contribution in [0.4, 0.5) is 5.69 Å². The molecule has 198 valence electrons. The molecule has 4 saturated carbocycles. The van der Waals surface area contributed by atoms with Crippen molar-refractivity contribution in [3.8, 4) is 11.1 Å². The molecular weight excluding hydrogens is 462 g/mol. The second-order valence-electron chi connectivity index (χ2n) is 14.4. The van der Waals surface area contributed by atoms with Gasteiger partial charge < -0.3 is 10.2 Å². The summed E-state index contributed by atoms with van der Waals surface area (Å²) in [6.07, 6.45) is 5.99. The lowest BCUT2D eigenvalue weighted by molar-refractivity contribution is -0.385. The minimum absolute atomic E-state index is 0.00208. The van der Waals surface area contributed by atoms with Gasteiger partial charge in [0.05, 0.1) is 4.92 Å². The van der Waals surface area contributed by atoms with Gasteiger partial charge in [0.1, 0.15) is 11.2 Å². The predicted molar refractivity (Wildman–Crippen MR) is 145 cm³/mol. The predicted octanol–water partition coefficient (Wildman–Crippen LogP) is 7.33. The number of hydrogen-bond acceptors (Lipinski definition) is 4. The number of fused-ring (bicyclic) bond motifs is 4. The molecule has 0 unspecified atom stereocenters. The summed E-state index contributed by atoms with van der Waals surface area (Å²) in [6.45, 7) is 13.0. The molecule has 0 heterocycles. The van der Waals surface area contributed by atoms with Crippen molar-refractivity contribution in [3.63, 3.8) is 0 Å². The molecule has 2 aromatic carbocycles. The van der Waals surface area contributed by atoms with Crippen LogP contribution in [0.15, 0.2) is 42.5 Å². The van der Waals surface area contributed by atoms with E-state index in [0.29, 0.717) is 17.4 Å². The molecule has 0 saturated heterocycles. The van der Waals surface area contributed by atoms with Gasteiger partial charge in [-0.1, -0.05) is 65.8 Å². The lowest BCUT2D eigenvalue weighted by atomic mass is 9.55. The maximum atomic E-state index is 12.8. The molecule has 5 heteroatoms. The van der Waals surface area contributed by atoms with Gasteiger partial charge in [-0.2, -0.15) is 0 Å². The fraction of sp³-hybridized carbons (Fsp3) is 0.625. The van der Waals surface area contributed by atoms with E-state index in [9.17, 15) is 20.3 Å². The molecule has 37 heavy (non-hydrogen) atoms. The van der Waals surface area contributed by atoms with Crippen LogP contribution in [0.2, 0.25) is 0 Å². The average molecular weight is 504 g/mol. The molecule has 6 rings (SSSR count). The van der Waals surface area contributed by atoms with E-state index >= 15 is 0 Å².